The lowest BCUT2D eigenvalue weighted by Crippen LogP contribution is -3.29. The molecule has 0 spiro atoms. The van der Waals surface area contributed by atoms with Crippen LogP contribution in [0.15, 0.2) is 60.0 Å². The summed E-state index contributed by atoms with van der Waals surface area (Å²) < 4.78 is 0. The lowest BCUT2D eigenvalue weighted by Gasteiger charge is -2.32. The van der Waals surface area contributed by atoms with Gasteiger partial charge in [-0.25, -0.2) is 0 Å². The normalized spacial score (nSPS) is 21.1. The van der Waals surface area contributed by atoms with Crippen molar-refractivity contribution in [3.63, 3.8) is 0 Å². The average Bonchev–Trinajstić information content (AvgIpc) is 3.21. The lowest BCUT2D eigenvalue weighted by atomic mass is 10.1. The van der Waals surface area contributed by atoms with Crippen LogP contribution in [-0.4, -0.2) is 38.1 Å². The number of thiophene rings is 1. The van der Waals surface area contributed by atoms with Crippen LogP contribution < -0.4 is 15.1 Å². The number of hydrogen-bond donors (Lipinski definition) is 3. The van der Waals surface area contributed by atoms with Crippen LogP contribution in [0.4, 0.5) is 5.69 Å². The minimum Gasteiger partial charge on any atom is -0.321 e. The number of benzene rings is 2. The Morgan fingerprint density at radius 1 is 1.04 bits per heavy atom. The van der Waals surface area contributed by atoms with Crippen molar-refractivity contribution in [3.05, 3.63) is 64.9 Å². The molecule has 1 aromatic heterocycles. The lowest BCUT2D eigenvalue weighted by molar-refractivity contribution is -1.02. The van der Waals surface area contributed by atoms with Crippen molar-refractivity contribution >= 4 is 33.7 Å². The van der Waals surface area contributed by atoms with Crippen molar-refractivity contribution in [1.29, 1.82) is 0 Å². The third-order valence-corrected chi connectivity index (χ3v) is 6.50. The number of quaternary nitrogens is 2. The first-order chi connectivity index (χ1) is 13.2. The second kappa shape index (κ2) is 8.21. The number of fused-ring (bicyclic) bond motifs is 1. The molecule has 2 aromatic carbocycles. The summed E-state index contributed by atoms with van der Waals surface area (Å²) in [6.45, 7) is 7.51. The summed E-state index contributed by atoms with van der Waals surface area (Å²) >= 11 is 1.84. The molecule has 0 radical (unpaired) electrons. The van der Waals surface area contributed by atoms with Crippen LogP contribution in [0.1, 0.15) is 11.8 Å². The predicted octanol–water partition coefficient (Wildman–Crippen LogP) is 1.21. The van der Waals surface area contributed by atoms with Crippen molar-refractivity contribution in [2.75, 3.05) is 31.5 Å². The molecule has 140 valence electrons. The van der Waals surface area contributed by atoms with Crippen LogP contribution in [0.3, 0.4) is 0 Å². The van der Waals surface area contributed by atoms with Crippen LogP contribution in [0.5, 0.6) is 0 Å². The third kappa shape index (κ3) is 4.38. The van der Waals surface area contributed by atoms with E-state index < -0.39 is 0 Å². The summed E-state index contributed by atoms with van der Waals surface area (Å²) in [5.74, 6) is 0.113. The second-order valence-electron chi connectivity index (χ2n) is 7.44. The number of rotatable bonds is 5. The summed E-state index contributed by atoms with van der Waals surface area (Å²) in [6.07, 6.45) is 0. The number of nitrogens with one attached hydrogen (secondary N) is 3. The van der Waals surface area contributed by atoms with Crippen molar-refractivity contribution in [3.8, 4) is 0 Å². The zero-order chi connectivity index (χ0) is 18.6. The van der Waals surface area contributed by atoms with Crippen molar-refractivity contribution in [2.24, 2.45) is 0 Å². The van der Waals surface area contributed by atoms with Gasteiger partial charge in [0.05, 0.1) is 4.88 Å². The van der Waals surface area contributed by atoms with Crippen molar-refractivity contribution in [1.82, 2.24) is 0 Å². The fourth-order valence-corrected chi connectivity index (χ4v) is 4.67. The molecule has 4 nitrogen and oxygen atoms in total. The fourth-order valence-electron chi connectivity index (χ4n) is 3.90. The van der Waals surface area contributed by atoms with E-state index in [1.165, 1.54) is 15.2 Å². The fraction of sp³-hybridized carbons (Fsp3) is 0.318. The molecule has 1 amide bonds. The molecule has 2 heterocycles. The van der Waals surface area contributed by atoms with Gasteiger partial charge in [-0.2, -0.15) is 0 Å². The average molecular weight is 382 g/mol. The van der Waals surface area contributed by atoms with Gasteiger partial charge in [0.1, 0.15) is 32.7 Å². The Morgan fingerprint density at radius 2 is 1.81 bits per heavy atom. The van der Waals surface area contributed by atoms with Gasteiger partial charge < -0.3 is 15.1 Å². The minimum absolute atomic E-state index is 0.0280. The van der Waals surface area contributed by atoms with Crippen LogP contribution in [0.2, 0.25) is 0 Å². The number of carbonyl (C=O) groups excluding carboxylic acids is 1. The minimum atomic E-state index is -0.0280. The van der Waals surface area contributed by atoms with E-state index in [4.69, 9.17) is 0 Å². The van der Waals surface area contributed by atoms with Gasteiger partial charge in [-0.1, -0.05) is 36.4 Å². The highest BCUT2D eigenvalue weighted by Crippen LogP contribution is 2.18. The number of anilines is 1. The van der Waals surface area contributed by atoms with Gasteiger partial charge in [-0.05, 0) is 41.3 Å². The van der Waals surface area contributed by atoms with Crippen LogP contribution in [-0.2, 0) is 11.3 Å². The van der Waals surface area contributed by atoms with Crippen molar-refractivity contribution in [2.45, 2.75) is 19.5 Å². The summed E-state index contributed by atoms with van der Waals surface area (Å²) in [7, 11) is 0. The SMILES string of the molecule is C[C@H](C(=O)Nc1ccc2ccccc2c1)[NH+]1CC[NH+](Cc2cccs2)CC1. The van der Waals surface area contributed by atoms with Gasteiger partial charge in [0.2, 0.25) is 0 Å². The van der Waals surface area contributed by atoms with Crippen LogP contribution in [0, 0.1) is 0 Å². The Morgan fingerprint density at radius 3 is 2.56 bits per heavy atom. The Kier molecular flexibility index (Phi) is 5.53. The van der Waals surface area contributed by atoms with E-state index in [2.05, 4.69) is 54.0 Å². The van der Waals surface area contributed by atoms with E-state index in [1.807, 2.05) is 29.5 Å². The number of piperazine rings is 1. The van der Waals surface area contributed by atoms with Crippen LogP contribution >= 0.6 is 11.3 Å². The Balaban J connectivity index is 1.32. The molecular formula is C22H27N3OS+2. The van der Waals surface area contributed by atoms with E-state index >= 15 is 0 Å². The monoisotopic (exact) mass is 381 g/mol. The largest absolute Gasteiger partial charge is 0.321 e. The molecular weight excluding hydrogens is 354 g/mol. The molecule has 1 aliphatic rings. The summed E-state index contributed by atoms with van der Waals surface area (Å²) in [5, 5.41) is 7.61. The van der Waals surface area contributed by atoms with E-state index in [-0.39, 0.29) is 11.9 Å². The van der Waals surface area contributed by atoms with Gasteiger partial charge in [0.25, 0.3) is 5.91 Å². The molecule has 3 aromatic rings. The highest BCUT2D eigenvalue weighted by molar-refractivity contribution is 7.09. The standard InChI is InChI=1S/C22H25N3OS/c1-17(25-12-10-24(11-13-25)16-21-7-4-14-27-21)22(26)23-20-9-8-18-5-2-3-6-19(18)15-20/h2-9,14-15,17H,10-13,16H2,1H3,(H,23,26)/p+2/t17-/m1/s1. The maximum Gasteiger partial charge on any atom is 0.282 e. The predicted molar refractivity (Wildman–Crippen MR) is 111 cm³/mol. The molecule has 0 unspecified atom stereocenters. The molecule has 5 heteroatoms. The Bertz CT molecular complexity index is 901. The smallest absolute Gasteiger partial charge is 0.282 e. The van der Waals surface area contributed by atoms with E-state index in [0.717, 1.165) is 43.8 Å². The van der Waals surface area contributed by atoms with Gasteiger partial charge in [-0.15, -0.1) is 11.3 Å². The maximum atomic E-state index is 12.7. The molecule has 27 heavy (non-hydrogen) atoms. The molecule has 1 fully saturated rings. The second-order valence-corrected chi connectivity index (χ2v) is 8.47. The Labute approximate surface area is 164 Å². The van der Waals surface area contributed by atoms with Gasteiger partial charge in [-0.3, -0.25) is 4.79 Å². The summed E-state index contributed by atoms with van der Waals surface area (Å²) in [6, 6.07) is 18.7. The molecule has 0 aliphatic carbocycles. The molecule has 4 rings (SSSR count). The maximum absolute atomic E-state index is 12.7. The highest BCUT2D eigenvalue weighted by Gasteiger charge is 2.31. The first-order valence-corrected chi connectivity index (χ1v) is 10.6. The highest BCUT2D eigenvalue weighted by atomic mass is 32.1. The first kappa shape index (κ1) is 18.2. The van der Waals surface area contributed by atoms with E-state index in [0.29, 0.717) is 0 Å². The summed E-state index contributed by atoms with van der Waals surface area (Å²) in [5.41, 5.74) is 0.881. The molecule has 3 N–H and O–H groups in total. The summed E-state index contributed by atoms with van der Waals surface area (Å²) in [4.78, 5) is 17.2. The Hall–Kier alpha value is -2.21. The molecule has 1 saturated heterocycles. The third-order valence-electron chi connectivity index (χ3n) is 5.63. The van der Waals surface area contributed by atoms with E-state index in [1.54, 1.807) is 4.90 Å². The number of hydrogen-bond acceptors (Lipinski definition) is 2. The number of amides is 1. The quantitative estimate of drug-likeness (QED) is 0.611. The first-order valence-electron chi connectivity index (χ1n) is 9.69. The van der Waals surface area contributed by atoms with E-state index in [9.17, 15) is 4.79 Å². The van der Waals surface area contributed by atoms with Crippen LogP contribution in [0.25, 0.3) is 10.8 Å². The molecule has 1 aliphatic heterocycles. The van der Waals surface area contributed by atoms with Gasteiger partial charge in [0.15, 0.2) is 6.04 Å². The molecule has 0 bridgehead atoms. The van der Waals surface area contributed by atoms with Crippen molar-refractivity contribution < 1.29 is 14.6 Å². The molecule has 0 saturated carbocycles. The van der Waals surface area contributed by atoms with Gasteiger partial charge >= 0.3 is 0 Å². The molecule has 1 atom stereocenters. The number of carbonyl (C=O) groups is 1. The zero-order valence-electron chi connectivity index (χ0n) is 15.7. The zero-order valence-corrected chi connectivity index (χ0v) is 16.5. The van der Waals surface area contributed by atoms with Gasteiger partial charge in [0, 0.05) is 5.69 Å². The topological polar surface area (TPSA) is 38.0 Å².